The van der Waals surface area contributed by atoms with Gasteiger partial charge in [0, 0.05) is 38.9 Å². The predicted octanol–water partition coefficient (Wildman–Crippen LogP) is 2.50. The van der Waals surface area contributed by atoms with Gasteiger partial charge in [0.15, 0.2) is 0 Å². The first kappa shape index (κ1) is 17.2. The van der Waals surface area contributed by atoms with Crippen molar-refractivity contribution in [1.82, 2.24) is 0 Å². The van der Waals surface area contributed by atoms with Crippen molar-refractivity contribution in [2.75, 3.05) is 11.6 Å². The normalized spacial score (nSPS) is 13.1. The highest BCUT2D eigenvalue weighted by molar-refractivity contribution is 7.85. The summed E-state index contributed by atoms with van der Waals surface area (Å²) in [6.45, 7) is 0. The summed E-state index contributed by atoms with van der Waals surface area (Å²) in [5.41, 5.74) is 6.57. The highest BCUT2D eigenvalue weighted by Crippen LogP contribution is 2.27. The van der Waals surface area contributed by atoms with Crippen LogP contribution in [-0.4, -0.2) is 22.3 Å². The quantitative estimate of drug-likeness (QED) is 0.868. The number of hydrogen-bond donors (Lipinski definition) is 2. The second kappa shape index (κ2) is 7.39. The first-order valence-electron chi connectivity index (χ1n) is 6.67. The van der Waals surface area contributed by atoms with Crippen LogP contribution in [0.5, 0.6) is 0 Å². The Balaban J connectivity index is 2.33. The minimum atomic E-state index is -1.50. The van der Waals surface area contributed by atoms with Crippen molar-refractivity contribution >= 4 is 39.9 Å². The van der Waals surface area contributed by atoms with Gasteiger partial charge >= 0.3 is 0 Å². The van der Waals surface area contributed by atoms with Gasteiger partial charge in [-0.05, 0) is 30.3 Å². The Morgan fingerprint density at radius 1 is 1.13 bits per heavy atom. The van der Waals surface area contributed by atoms with Crippen LogP contribution in [0, 0.1) is 0 Å². The molecule has 2 amide bonds. The summed E-state index contributed by atoms with van der Waals surface area (Å²) in [5, 5.41) is 2.25. The maximum atomic E-state index is 12.3. The van der Waals surface area contributed by atoms with Gasteiger partial charge < -0.3 is 11.1 Å². The Bertz CT molecular complexity index is 748. The molecule has 0 aliphatic carbocycles. The molecular formula is C16H15ClN2O3S. The van der Waals surface area contributed by atoms with Gasteiger partial charge in [-0.1, -0.05) is 29.8 Å². The predicted molar refractivity (Wildman–Crippen MR) is 91.8 cm³/mol. The van der Waals surface area contributed by atoms with E-state index in [9.17, 15) is 13.8 Å². The fourth-order valence-electron chi connectivity index (χ4n) is 2.13. The Morgan fingerprint density at radius 3 is 2.30 bits per heavy atom. The van der Waals surface area contributed by atoms with Gasteiger partial charge in [-0.25, -0.2) is 0 Å². The van der Waals surface area contributed by atoms with Crippen molar-refractivity contribution in [3.63, 3.8) is 0 Å². The van der Waals surface area contributed by atoms with Crippen LogP contribution in [0.4, 0.5) is 5.69 Å². The number of anilines is 1. The number of rotatable bonds is 5. The fourth-order valence-corrected chi connectivity index (χ4v) is 3.15. The van der Waals surface area contributed by atoms with E-state index in [1.54, 1.807) is 48.5 Å². The molecule has 7 heteroatoms. The summed E-state index contributed by atoms with van der Waals surface area (Å²) >= 11 is 5.80. The largest absolute Gasteiger partial charge is 0.368 e. The summed E-state index contributed by atoms with van der Waals surface area (Å²) < 4.78 is 11.8. The maximum Gasteiger partial charge on any atom is 0.255 e. The van der Waals surface area contributed by atoms with E-state index in [1.165, 1.54) is 6.26 Å². The third-order valence-corrected chi connectivity index (χ3v) is 4.59. The average molecular weight is 351 g/mol. The van der Waals surface area contributed by atoms with Crippen molar-refractivity contribution in [1.29, 1.82) is 0 Å². The number of halogens is 1. The number of benzene rings is 2. The molecule has 0 heterocycles. The molecule has 0 radical (unpaired) electrons. The Labute approximate surface area is 141 Å². The molecule has 2 aromatic rings. The first-order valence-corrected chi connectivity index (χ1v) is 8.67. The molecule has 5 nitrogen and oxygen atoms in total. The van der Waals surface area contributed by atoms with E-state index in [1.807, 2.05) is 0 Å². The molecule has 0 aromatic heterocycles. The Hall–Kier alpha value is -2.18. The lowest BCUT2D eigenvalue weighted by Crippen LogP contribution is -2.26. The highest BCUT2D eigenvalue weighted by atomic mass is 35.5. The van der Waals surface area contributed by atoms with Crippen LogP contribution in [0.1, 0.15) is 21.2 Å². The third kappa shape index (κ3) is 4.18. The molecule has 0 bridgehead atoms. The van der Waals surface area contributed by atoms with Gasteiger partial charge in [0.05, 0.1) is 0 Å². The molecule has 0 fully saturated rings. The molecule has 2 atom stereocenters. The van der Waals surface area contributed by atoms with Crippen molar-refractivity contribution in [3.8, 4) is 0 Å². The van der Waals surface area contributed by atoms with Gasteiger partial charge in [-0.15, -0.1) is 0 Å². The van der Waals surface area contributed by atoms with Crippen LogP contribution < -0.4 is 11.1 Å². The lowest BCUT2D eigenvalue weighted by atomic mass is 10.1. The van der Waals surface area contributed by atoms with Crippen LogP contribution in [0.25, 0.3) is 0 Å². The second-order valence-corrected chi connectivity index (χ2v) is 6.73. The number of primary amides is 1. The van der Waals surface area contributed by atoms with Crippen molar-refractivity contribution in [2.24, 2.45) is 5.73 Å². The van der Waals surface area contributed by atoms with Crippen molar-refractivity contribution in [2.45, 2.75) is 5.25 Å². The molecule has 2 aromatic carbocycles. The fraction of sp³-hybridized carbons (Fsp3) is 0.125. The topological polar surface area (TPSA) is 89.3 Å². The van der Waals surface area contributed by atoms with Crippen LogP contribution >= 0.6 is 11.6 Å². The summed E-state index contributed by atoms with van der Waals surface area (Å²) in [5.74, 6) is -1.07. The summed E-state index contributed by atoms with van der Waals surface area (Å²) in [7, 11) is -1.50. The van der Waals surface area contributed by atoms with Crippen LogP contribution in [-0.2, 0) is 15.6 Å². The number of nitrogens with two attached hydrogens (primary N) is 1. The summed E-state index contributed by atoms with van der Waals surface area (Å²) in [6, 6.07) is 13.0. The van der Waals surface area contributed by atoms with Gasteiger partial charge in [-0.2, -0.15) is 0 Å². The van der Waals surface area contributed by atoms with Gasteiger partial charge in [0.25, 0.3) is 5.91 Å². The van der Waals surface area contributed by atoms with Crippen molar-refractivity contribution < 1.29 is 13.8 Å². The van der Waals surface area contributed by atoms with E-state index in [0.717, 1.165) is 0 Å². The minimum absolute atomic E-state index is 0.362. The highest BCUT2D eigenvalue weighted by Gasteiger charge is 2.25. The van der Waals surface area contributed by atoms with E-state index >= 15 is 0 Å². The van der Waals surface area contributed by atoms with Gasteiger partial charge in [-0.3, -0.25) is 13.8 Å². The average Bonchev–Trinajstić information content (AvgIpc) is 2.49. The monoisotopic (exact) mass is 350 g/mol. The van der Waals surface area contributed by atoms with Crippen LogP contribution in [0.15, 0.2) is 48.5 Å². The maximum absolute atomic E-state index is 12.3. The first-order chi connectivity index (χ1) is 10.9. The number of carbonyl (C=O) groups is 2. The van der Waals surface area contributed by atoms with Gasteiger partial charge in [0.2, 0.25) is 5.91 Å². The Kier molecular flexibility index (Phi) is 5.52. The van der Waals surface area contributed by atoms with Crippen LogP contribution in [0.2, 0.25) is 5.02 Å². The lowest BCUT2D eigenvalue weighted by molar-refractivity contribution is -0.117. The molecule has 3 N–H and O–H groups in total. The zero-order chi connectivity index (χ0) is 17.0. The van der Waals surface area contributed by atoms with E-state index in [-0.39, 0.29) is 5.91 Å². The van der Waals surface area contributed by atoms with E-state index in [0.29, 0.717) is 21.8 Å². The SMILES string of the molecule is CS(=O)C(C(N)=O)c1ccccc1NC(=O)c1ccc(Cl)cc1. The van der Waals surface area contributed by atoms with Gasteiger partial charge in [0.1, 0.15) is 5.25 Å². The molecule has 0 aliphatic heterocycles. The molecule has 120 valence electrons. The second-order valence-electron chi connectivity index (χ2n) is 4.83. The number of nitrogens with one attached hydrogen (secondary N) is 1. The standard InChI is InChI=1S/C16H15ClN2O3S/c1-23(22)14(15(18)20)12-4-2-3-5-13(12)19-16(21)10-6-8-11(17)9-7-10/h2-9,14H,1H3,(H2,18,20)(H,19,21). The molecule has 0 aliphatic rings. The van der Waals surface area contributed by atoms with E-state index in [4.69, 9.17) is 17.3 Å². The minimum Gasteiger partial charge on any atom is -0.368 e. The summed E-state index contributed by atoms with van der Waals surface area (Å²) in [6.07, 6.45) is 1.40. The Morgan fingerprint density at radius 2 is 1.74 bits per heavy atom. The van der Waals surface area contributed by atoms with Crippen LogP contribution in [0.3, 0.4) is 0 Å². The molecular weight excluding hydrogens is 336 g/mol. The summed E-state index contributed by atoms with van der Waals surface area (Å²) in [4.78, 5) is 23.9. The third-order valence-electron chi connectivity index (χ3n) is 3.19. The number of hydrogen-bond acceptors (Lipinski definition) is 3. The molecule has 0 saturated carbocycles. The number of amides is 2. The number of para-hydroxylation sites is 1. The smallest absolute Gasteiger partial charge is 0.255 e. The lowest BCUT2D eigenvalue weighted by Gasteiger charge is -2.16. The molecule has 2 rings (SSSR count). The molecule has 23 heavy (non-hydrogen) atoms. The zero-order valence-electron chi connectivity index (χ0n) is 12.3. The van der Waals surface area contributed by atoms with E-state index in [2.05, 4.69) is 5.32 Å². The zero-order valence-corrected chi connectivity index (χ0v) is 13.9. The van der Waals surface area contributed by atoms with E-state index < -0.39 is 22.0 Å². The molecule has 0 saturated heterocycles. The molecule has 2 unspecified atom stereocenters. The van der Waals surface area contributed by atoms with Crippen molar-refractivity contribution in [3.05, 3.63) is 64.7 Å². The molecule has 0 spiro atoms. The number of carbonyl (C=O) groups excluding carboxylic acids is 2.